The van der Waals surface area contributed by atoms with Crippen molar-refractivity contribution in [2.45, 2.75) is 83.8 Å². The summed E-state index contributed by atoms with van der Waals surface area (Å²) in [7, 11) is -1.27. The van der Waals surface area contributed by atoms with Crippen LogP contribution in [0.1, 0.15) is 64.2 Å². The Morgan fingerprint density at radius 3 is 2.10 bits per heavy atom. The minimum atomic E-state index is -1.27. The Labute approximate surface area is 126 Å². The fourth-order valence-electron chi connectivity index (χ4n) is 2.56. The van der Waals surface area contributed by atoms with Gasteiger partial charge in [0.25, 0.3) is 0 Å². The fourth-order valence-corrected chi connectivity index (χ4v) is 3.21. The van der Waals surface area contributed by atoms with Crippen LogP contribution in [0.15, 0.2) is 23.4 Å². The first-order valence-corrected chi connectivity index (χ1v) is 12.0. The smallest absolute Gasteiger partial charge is 0.180 e. The van der Waals surface area contributed by atoms with E-state index in [1.54, 1.807) is 0 Å². The highest BCUT2D eigenvalue weighted by Gasteiger charge is 2.11. The zero-order valence-electron chi connectivity index (χ0n) is 13.7. The number of carbonyl (C=O) groups is 1. The third-order valence-electron chi connectivity index (χ3n) is 3.84. The highest BCUT2D eigenvalue weighted by Crippen LogP contribution is 2.18. The van der Waals surface area contributed by atoms with Crippen LogP contribution in [-0.2, 0) is 4.79 Å². The zero-order chi connectivity index (χ0) is 14.8. The molecule has 0 spiro atoms. The summed E-state index contributed by atoms with van der Waals surface area (Å²) < 4.78 is 0. The van der Waals surface area contributed by atoms with Gasteiger partial charge in [0.1, 0.15) is 0 Å². The van der Waals surface area contributed by atoms with E-state index in [1.807, 2.05) is 6.08 Å². The SMILES string of the molecule is C[Si](C)(C)/C=C/C(=O)/C1=C/CCCCCCCCCC1. The molecular formula is C18H32OSi. The van der Waals surface area contributed by atoms with Crippen LogP contribution in [0.5, 0.6) is 0 Å². The Balaban J connectivity index is 2.61. The van der Waals surface area contributed by atoms with Gasteiger partial charge in [0.15, 0.2) is 5.78 Å². The van der Waals surface area contributed by atoms with Gasteiger partial charge in [-0.3, -0.25) is 4.79 Å². The zero-order valence-corrected chi connectivity index (χ0v) is 14.7. The summed E-state index contributed by atoms with van der Waals surface area (Å²) in [4.78, 5) is 12.3. The molecule has 0 aromatic rings. The molecule has 0 aliphatic heterocycles. The summed E-state index contributed by atoms with van der Waals surface area (Å²) in [5.74, 6) is 0.268. The number of rotatable bonds is 3. The maximum atomic E-state index is 12.3. The van der Waals surface area contributed by atoms with Crippen LogP contribution in [0.4, 0.5) is 0 Å². The number of hydrogen-bond donors (Lipinski definition) is 0. The van der Waals surface area contributed by atoms with Gasteiger partial charge in [0.2, 0.25) is 0 Å². The highest BCUT2D eigenvalue weighted by atomic mass is 28.3. The van der Waals surface area contributed by atoms with Crippen molar-refractivity contribution in [2.24, 2.45) is 0 Å². The third-order valence-corrected chi connectivity index (χ3v) is 5.01. The molecule has 1 rings (SSSR count). The maximum Gasteiger partial charge on any atom is 0.180 e. The van der Waals surface area contributed by atoms with E-state index in [2.05, 4.69) is 31.4 Å². The lowest BCUT2D eigenvalue weighted by molar-refractivity contribution is -0.111. The fraction of sp³-hybridized carbons (Fsp3) is 0.722. The van der Waals surface area contributed by atoms with Crippen molar-refractivity contribution in [2.75, 3.05) is 0 Å². The summed E-state index contributed by atoms with van der Waals surface area (Å²) in [6.45, 7) is 6.81. The van der Waals surface area contributed by atoms with E-state index in [0.29, 0.717) is 0 Å². The van der Waals surface area contributed by atoms with Crippen LogP contribution in [0.25, 0.3) is 0 Å². The normalized spacial score (nSPS) is 22.6. The van der Waals surface area contributed by atoms with Gasteiger partial charge in [-0.2, -0.15) is 0 Å². The number of carbonyl (C=O) groups excluding carboxylic acids is 1. The summed E-state index contributed by atoms with van der Waals surface area (Å²) in [5.41, 5.74) is 3.24. The molecule has 1 aliphatic carbocycles. The number of ketones is 1. The van der Waals surface area contributed by atoms with Gasteiger partial charge >= 0.3 is 0 Å². The van der Waals surface area contributed by atoms with Crippen LogP contribution in [0.3, 0.4) is 0 Å². The largest absolute Gasteiger partial charge is 0.290 e. The molecular weight excluding hydrogens is 260 g/mol. The van der Waals surface area contributed by atoms with Gasteiger partial charge in [-0.25, -0.2) is 0 Å². The van der Waals surface area contributed by atoms with E-state index in [1.165, 1.54) is 51.4 Å². The molecule has 0 fully saturated rings. The molecule has 0 atom stereocenters. The third kappa shape index (κ3) is 8.52. The van der Waals surface area contributed by atoms with Crippen LogP contribution in [0, 0.1) is 0 Å². The van der Waals surface area contributed by atoms with Crippen LogP contribution in [0.2, 0.25) is 19.6 Å². The van der Waals surface area contributed by atoms with Crippen LogP contribution in [-0.4, -0.2) is 13.9 Å². The van der Waals surface area contributed by atoms with Gasteiger partial charge in [-0.05, 0) is 37.3 Å². The van der Waals surface area contributed by atoms with E-state index >= 15 is 0 Å². The summed E-state index contributed by atoms with van der Waals surface area (Å²) in [6, 6.07) is 0. The molecule has 1 nitrogen and oxygen atoms in total. The lowest BCUT2D eigenvalue weighted by Gasteiger charge is -2.10. The molecule has 0 bridgehead atoms. The van der Waals surface area contributed by atoms with Crippen LogP contribution >= 0.6 is 0 Å². The standard InChI is InChI=1S/C18H32OSi/c1-20(2,3)16-15-18(19)17-13-11-9-7-5-4-6-8-10-12-14-17/h13,15-16H,4-12,14H2,1-3H3/b16-15+,17-13+. The molecule has 1 aliphatic rings. The summed E-state index contributed by atoms with van der Waals surface area (Å²) in [6.07, 6.45) is 16.6. The van der Waals surface area contributed by atoms with Crippen molar-refractivity contribution in [1.29, 1.82) is 0 Å². The Morgan fingerprint density at radius 1 is 0.950 bits per heavy atom. The average Bonchev–Trinajstić information content (AvgIpc) is 2.36. The van der Waals surface area contributed by atoms with Crippen LogP contribution < -0.4 is 0 Å². The quantitative estimate of drug-likeness (QED) is 0.472. The van der Waals surface area contributed by atoms with Gasteiger partial charge < -0.3 is 0 Å². The van der Waals surface area contributed by atoms with Gasteiger partial charge in [0, 0.05) is 0 Å². The first-order chi connectivity index (χ1) is 9.49. The molecule has 0 N–H and O–H groups in total. The lowest BCUT2D eigenvalue weighted by Crippen LogP contribution is -2.16. The Kier molecular flexibility index (Phi) is 8.13. The summed E-state index contributed by atoms with van der Waals surface area (Å²) in [5, 5.41) is 0. The number of hydrogen-bond acceptors (Lipinski definition) is 1. The maximum absolute atomic E-state index is 12.3. The molecule has 0 saturated heterocycles. The second-order valence-corrected chi connectivity index (χ2v) is 12.2. The summed E-state index contributed by atoms with van der Waals surface area (Å²) >= 11 is 0. The molecule has 114 valence electrons. The lowest BCUT2D eigenvalue weighted by atomic mass is 9.98. The predicted molar refractivity (Wildman–Crippen MR) is 91.7 cm³/mol. The van der Waals surface area contributed by atoms with Gasteiger partial charge in [-0.15, -0.1) is 0 Å². The molecule has 0 amide bonds. The topological polar surface area (TPSA) is 17.1 Å². The van der Waals surface area contributed by atoms with Crippen molar-refractivity contribution in [1.82, 2.24) is 0 Å². The number of allylic oxidation sites excluding steroid dienone is 3. The van der Waals surface area contributed by atoms with Crippen molar-refractivity contribution >= 4 is 13.9 Å². The Bertz CT molecular complexity index is 347. The monoisotopic (exact) mass is 292 g/mol. The minimum absolute atomic E-state index is 0.268. The average molecular weight is 293 g/mol. The molecule has 0 aromatic carbocycles. The molecule has 0 unspecified atom stereocenters. The molecule has 0 radical (unpaired) electrons. The van der Waals surface area contributed by atoms with Crippen molar-refractivity contribution in [3.05, 3.63) is 23.4 Å². The first-order valence-electron chi connectivity index (χ1n) is 8.42. The van der Waals surface area contributed by atoms with Gasteiger partial charge in [-0.1, -0.05) is 69.9 Å². The second-order valence-electron chi connectivity index (χ2n) is 7.16. The second kappa shape index (κ2) is 9.33. The van der Waals surface area contributed by atoms with E-state index in [-0.39, 0.29) is 5.78 Å². The van der Waals surface area contributed by atoms with E-state index < -0.39 is 8.07 Å². The van der Waals surface area contributed by atoms with Crippen molar-refractivity contribution < 1.29 is 4.79 Å². The molecule has 2 heteroatoms. The van der Waals surface area contributed by atoms with E-state index in [4.69, 9.17) is 0 Å². The highest BCUT2D eigenvalue weighted by molar-refractivity contribution is 6.81. The Hall–Kier alpha value is -0.633. The van der Waals surface area contributed by atoms with Crippen molar-refractivity contribution in [3.63, 3.8) is 0 Å². The molecule has 20 heavy (non-hydrogen) atoms. The predicted octanol–water partition coefficient (Wildman–Crippen LogP) is 5.83. The minimum Gasteiger partial charge on any atom is -0.290 e. The Morgan fingerprint density at radius 2 is 1.50 bits per heavy atom. The first kappa shape index (κ1) is 17.4. The molecule has 0 heterocycles. The van der Waals surface area contributed by atoms with E-state index in [9.17, 15) is 4.79 Å². The van der Waals surface area contributed by atoms with Gasteiger partial charge in [0.05, 0.1) is 8.07 Å². The molecule has 0 aromatic heterocycles. The van der Waals surface area contributed by atoms with Crippen molar-refractivity contribution in [3.8, 4) is 0 Å². The molecule has 0 saturated carbocycles. The van der Waals surface area contributed by atoms with E-state index in [0.717, 1.165) is 18.4 Å².